The van der Waals surface area contributed by atoms with Gasteiger partial charge < -0.3 is 14.7 Å². The standard InChI is InChI=1S/C15H23N3O3/c1-21-13-4-6-17(7-5-13)12-8-15(20)18(16-9-12)10-14(19)11-2-3-11/h8-9,11,13-14,19H,2-7,10H2,1H3. The van der Waals surface area contributed by atoms with Crippen LogP contribution in [0.1, 0.15) is 25.7 Å². The topological polar surface area (TPSA) is 67.6 Å². The summed E-state index contributed by atoms with van der Waals surface area (Å²) in [6, 6.07) is 1.62. The van der Waals surface area contributed by atoms with Gasteiger partial charge in [0.1, 0.15) is 0 Å². The summed E-state index contributed by atoms with van der Waals surface area (Å²) in [7, 11) is 1.74. The summed E-state index contributed by atoms with van der Waals surface area (Å²) in [6.07, 6.45) is 5.67. The Kier molecular flexibility index (Phi) is 4.26. The van der Waals surface area contributed by atoms with E-state index in [9.17, 15) is 9.90 Å². The molecule has 1 aliphatic carbocycles. The van der Waals surface area contributed by atoms with Crippen LogP contribution in [0.3, 0.4) is 0 Å². The maximum atomic E-state index is 12.1. The molecular weight excluding hydrogens is 270 g/mol. The Morgan fingerprint density at radius 1 is 1.38 bits per heavy atom. The highest BCUT2D eigenvalue weighted by molar-refractivity contribution is 5.43. The lowest BCUT2D eigenvalue weighted by molar-refractivity contribution is 0.0819. The van der Waals surface area contributed by atoms with Crippen LogP contribution in [0.15, 0.2) is 17.1 Å². The number of nitrogens with zero attached hydrogens (tertiary/aromatic N) is 3. The SMILES string of the molecule is COC1CCN(c2cnn(CC(O)C3CC3)c(=O)c2)CC1. The van der Waals surface area contributed by atoms with Gasteiger partial charge in [-0.25, -0.2) is 4.68 Å². The number of aliphatic hydroxyl groups is 1. The maximum absolute atomic E-state index is 12.1. The first-order valence-corrected chi connectivity index (χ1v) is 7.70. The van der Waals surface area contributed by atoms with Crippen LogP contribution in [-0.4, -0.2) is 47.3 Å². The van der Waals surface area contributed by atoms with E-state index in [1.807, 2.05) is 0 Å². The van der Waals surface area contributed by atoms with Crippen molar-refractivity contribution in [1.29, 1.82) is 0 Å². The van der Waals surface area contributed by atoms with Crippen LogP contribution >= 0.6 is 0 Å². The van der Waals surface area contributed by atoms with E-state index in [2.05, 4.69) is 10.00 Å². The fourth-order valence-electron chi connectivity index (χ4n) is 2.89. The first-order valence-electron chi connectivity index (χ1n) is 7.70. The molecule has 1 unspecified atom stereocenters. The minimum Gasteiger partial charge on any atom is -0.391 e. The molecule has 6 heteroatoms. The van der Waals surface area contributed by atoms with Crippen LogP contribution in [0.2, 0.25) is 0 Å². The van der Waals surface area contributed by atoms with E-state index in [1.165, 1.54) is 4.68 Å². The minimum absolute atomic E-state index is 0.138. The van der Waals surface area contributed by atoms with Crippen LogP contribution < -0.4 is 10.5 Å². The molecule has 1 atom stereocenters. The summed E-state index contributed by atoms with van der Waals surface area (Å²) in [4.78, 5) is 14.3. The summed E-state index contributed by atoms with van der Waals surface area (Å²) in [5, 5.41) is 14.1. The van der Waals surface area contributed by atoms with Crippen molar-refractivity contribution < 1.29 is 9.84 Å². The Morgan fingerprint density at radius 3 is 2.67 bits per heavy atom. The molecule has 0 aromatic carbocycles. The van der Waals surface area contributed by atoms with Gasteiger partial charge in [0.25, 0.3) is 5.56 Å². The van der Waals surface area contributed by atoms with E-state index in [4.69, 9.17) is 4.74 Å². The molecule has 0 bridgehead atoms. The smallest absolute Gasteiger partial charge is 0.268 e. The molecule has 0 radical (unpaired) electrons. The van der Waals surface area contributed by atoms with Crippen molar-refractivity contribution in [2.45, 2.75) is 44.4 Å². The third kappa shape index (κ3) is 3.44. The van der Waals surface area contributed by atoms with Crippen LogP contribution in [0.5, 0.6) is 0 Å². The van der Waals surface area contributed by atoms with Gasteiger partial charge >= 0.3 is 0 Å². The van der Waals surface area contributed by atoms with Crippen molar-refractivity contribution in [3.8, 4) is 0 Å². The highest BCUT2D eigenvalue weighted by Gasteiger charge is 2.30. The van der Waals surface area contributed by atoms with Gasteiger partial charge in [-0.1, -0.05) is 0 Å². The number of piperidine rings is 1. The van der Waals surface area contributed by atoms with Gasteiger partial charge in [0.15, 0.2) is 0 Å². The monoisotopic (exact) mass is 293 g/mol. The Balaban J connectivity index is 1.65. The molecule has 1 aliphatic heterocycles. The second-order valence-corrected chi connectivity index (χ2v) is 6.06. The number of aliphatic hydroxyl groups excluding tert-OH is 1. The molecule has 0 spiro atoms. The van der Waals surface area contributed by atoms with Gasteiger partial charge in [-0.15, -0.1) is 0 Å². The van der Waals surface area contributed by atoms with E-state index < -0.39 is 6.10 Å². The van der Waals surface area contributed by atoms with E-state index in [0.29, 0.717) is 18.6 Å². The largest absolute Gasteiger partial charge is 0.391 e. The van der Waals surface area contributed by atoms with Crippen molar-refractivity contribution in [3.63, 3.8) is 0 Å². The third-order valence-corrected chi connectivity index (χ3v) is 4.52. The molecule has 1 aromatic heterocycles. The molecule has 2 aliphatic rings. The van der Waals surface area contributed by atoms with Gasteiger partial charge in [0, 0.05) is 26.3 Å². The van der Waals surface area contributed by atoms with Crippen LogP contribution in [0, 0.1) is 5.92 Å². The Hall–Kier alpha value is -1.40. The molecule has 0 amide bonds. The average Bonchev–Trinajstić information content (AvgIpc) is 3.34. The van der Waals surface area contributed by atoms with Gasteiger partial charge in [-0.3, -0.25) is 4.79 Å². The number of anilines is 1. The number of hydrogen-bond acceptors (Lipinski definition) is 5. The van der Waals surface area contributed by atoms with E-state index in [1.54, 1.807) is 19.4 Å². The Labute approximate surface area is 124 Å². The molecule has 21 heavy (non-hydrogen) atoms. The summed E-state index contributed by atoms with van der Waals surface area (Å²) >= 11 is 0. The number of ether oxygens (including phenoxy) is 1. The molecule has 3 rings (SSSR count). The first kappa shape index (κ1) is 14.5. The van der Waals surface area contributed by atoms with E-state index in [0.717, 1.165) is 44.5 Å². The highest BCUT2D eigenvalue weighted by Crippen LogP contribution is 2.32. The fourth-order valence-corrected chi connectivity index (χ4v) is 2.89. The molecule has 2 fully saturated rings. The fraction of sp³-hybridized carbons (Fsp3) is 0.733. The van der Waals surface area contributed by atoms with Crippen LogP contribution in [0.25, 0.3) is 0 Å². The lowest BCUT2D eigenvalue weighted by Gasteiger charge is -2.32. The average molecular weight is 293 g/mol. The van der Waals surface area contributed by atoms with Crippen molar-refractivity contribution >= 4 is 5.69 Å². The molecular formula is C15H23N3O3. The Bertz CT molecular complexity index is 533. The Morgan fingerprint density at radius 2 is 2.10 bits per heavy atom. The molecule has 1 saturated heterocycles. The van der Waals surface area contributed by atoms with Gasteiger partial charge in [-0.05, 0) is 31.6 Å². The third-order valence-electron chi connectivity index (χ3n) is 4.52. The summed E-state index contributed by atoms with van der Waals surface area (Å²) in [5.74, 6) is 0.353. The van der Waals surface area contributed by atoms with Crippen molar-refractivity contribution in [2.75, 3.05) is 25.1 Å². The van der Waals surface area contributed by atoms with Crippen molar-refractivity contribution in [2.24, 2.45) is 5.92 Å². The maximum Gasteiger partial charge on any atom is 0.268 e. The normalized spacial score (nSPS) is 21.5. The molecule has 1 aromatic rings. The summed E-state index contributed by atoms with van der Waals surface area (Å²) < 4.78 is 6.72. The number of methoxy groups -OCH3 is 1. The second kappa shape index (κ2) is 6.15. The molecule has 1 saturated carbocycles. The lowest BCUT2D eigenvalue weighted by Crippen LogP contribution is -2.38. The number of aromatic nitrogens is 2. The number of rotatable bonds is 5. The molecule has 6 nitrogen and oxygen atoms in total. The van der Waals surface area contributed by atoms with Crippen LogP contribution in [-0.2, 0) is 11.3 Å². The van der Waals surface area contributed by atoms with Crippen molar-refractivity contribution in [3.05, 3.63) is 22.6 Å². The zero-order chi connectivity index (χ0) is 14.8. The van der Waals surface area contributed by atoms with Gasteiger partial charge in [-0.2, -0.15) is 5.10 Å². The minimum atomic E-state index is -0.446. The molecule has 2 heterocycles. The second-order valence-electron chi connectivity index (χ2n) is 6.06. The quantitative estimate of drug-likeness (QED) is 0.862. The van der Waals surface area contributed by atoms with Gasteiger partial charge in [0.2, 0.25) is 0 Å². The molecule has 116 valence electrons. The molecule has 1 N–H and O–H groups in total. The lowest BCUT2D eigenvalue weighted by atomic mass is 10.1. The highest BCUT2D eigenvalue weighted by atomic mass is 16.5. The van der Waals surface area contributed by atoms with Crippen LogP contribution in [0.4, 0.5) is 5.69 Å². The zero-order valence-corrected chi connectivity index (χ0v) is 12.4. The summed E-state index contributed by atoms with van der Waals surface area (Å²) in [6.45, 7) is 2.07. The van der Waals surface area contributed by atoms with Crippen molar-refractivity contribution in [1.82, 2.24) is 9.78 Å². The summed E-state index contributed by atoms with van der Waals surface area (Å²) in [5.41, 5.74) is 0.729. The van der Waals surface area contributed by atoms with E-state index in [-0.39, 0.29) is 5.56 Å². The first-order chi connectivity index (χ1) is 10.2. The predicted octanol–water partition coefficient (Wildman–Crippen LogP) is 0.629. The number of hydrogen-bond donors (Lipinski definition) is 1. The van der Waals surface area contributed by atoms with Gasteiger partial charge in [0.05, 0.1) is 30.6 Å². The zero-order valence-electron chi connectivity index (χ0n) is 12.4. The van der Waals surface area contributed by atoms with E-state index >= 15 is 0 Å². The predicted molar refractivity (Wildman–Crippen MR) is 79.5 cm³/mol.